The van der Waals surface area contributed by atoms with Crippen LogP contribution in [0.4, 0.5) is 0 Å². The molecule has 3 heteroatoms. The molecule has 2 aromatic carbocycles. The van der Waals surface area contributed by atoms with Crippen molar-refractivity contribution < 1.29 is 9.59 Å². The molecule has 1 aliphatic carbocycles. The van der Waals surface area contributed by atoms with Crippen LogP contribution in [0, 0.1) is 11.3 Å². The van der Waals surface area contributed by atoms with Gasteiger partial charge in [0.1, 0.15) is 0 Å². The Morgan fingerprint density at radius 1 is 0.960 bits per heavy atom. The van der Waals surface area contributed by atoms with Gasteiger partial charge in [0.05, 0.1) is 0 Å². The molecule has 1 saturated carbocycles. The predicted octanol–water partition coefficient (Wildman–Crippen LogP) is 4.47. The third kappa shape index (κ3) is 3.98. The van der Waals surface area contributed by atoms with E-state index in [1.165, 1.54) is 19.3 Å². The molecule has 1 fully saturated rings. The zero-order valence-corrected chi connectivity index (χ0v) is 14.9. The Labute approximate surface area is 149 Å². The van der Waals surface area contributed by atoms with Gasteiger partial charge in [-0.25, -0.2) is 0 Å². The van der Waals surface area contributed by atoms with E-state index in [2.05, 4.69) is 19.2 Å². The second-order valence-corrected chi connectivity index (χ2v) is 7.56. The van der Waals surface area contributed by atoms with Gasteiger partial charge in [-0.3, -0.25) is 9.59 Å². The summed E-state index contributed by atoms with van der Waals surface area (Å²) in [6, 6.07) is 16.1. The normalized spacial score (nSPS) is 18.7. The fourth-order valence-electron chi connectivity index (χ4n) is 3.62. The molecule has 25 heavy (non-hydrogen) atoms. The highest BCUT2D eigenvalue weighted by atomic mass is 16.1. The van der Waals surface area contributed by atoms with Gasteiger partial charge in [0, 0.05) is 23.2 Å². The fraction of sp³-hybridized carbons (Fsp3) is 0.364. The second kappa shape index (κ2) is 7.22. The molecule has 1 atom stereocenters. The van der Waals surface area contributed by atoms with Crippen molar-refractivity contribution in [3.8, 4) is 0 Å². The molecule has 0 saturated heterocycles. The van der Waals surface area contributed by atoms with Crippen molar-refractivity contribution in [3.63, 3.8) is 0 Å². The number of amides is 1. The Morgan fingerprint density at radius 2 is 1.56 bits per heavy atom. The van der Waals surface area contributed by atoms with Crippen LogP contribution in [0.3, 0.4) is 0 Å². The van der Waals surface area contributed by atoms with Gasteiger partial charge in [-0.05, 0) is 36.3 Å². The van der Waals surface area contributed by atoms with Crippen molar-refractivity contribution in [2.24, 2.45) is 11.3 Å². The van der Waals surface area contributed by atoms with Crippen LogP contribution in [-0.4, -0.2) is 18.2 Å². The number of carbonyl (C=O) groups excluding carboxylic acids is 2. The summed E-state index contributed by atoms with van der Waals surface area (Å²) in [7, 11) is 0. The van der Waals surface area contributed by atoms with Gasteiger partial charge >= 0.3 is 0 Å². The number of rotatable bonds is 5. The molecule has 0 bridgehead atoms. The first-order valence-corrected chi connectivity index (χ1v) is 8.95. The van der Waals surface area contributed by atoms with E-state index in [9.17, 15) is 9.59 Å². The second-order valence-electron chi connectivity index (χ2n) is 7.56. The quantitative estimate of drug-likeness (QED) is 0.819. The van der Waals surface area contributed by atoms with Gasteiger partial charge in [0.25, 0.3) is 5.91 Å². The van der Waals surface area contributed by atoms with E-state index in [-0.39, 0.29) is 11.7 Å². The lowest BCUT2D eigenvalue weighted by molar-refractivity contribution is 0.0935. The lowest BCUT2D eigenvalue weighted by atomic mass is 9.82. The van der Waals surface area contributed by atoms with Crippen LogP contribution in [0.15, 0.2) is 54.6 Å². The summed E-state index contributed by atoms with van der Waals surface area (Å²) in [6.45, 7) is 5.28. The molecular weight excluding hydrogens is 310 g/mol. The van der Waals surface area contributed by atoms with Crippen LogP contribution < -0.4 is 5.32 Å². The largest absolute Gasteiger partial charge is 0.352 e. The van der Waals surface area contributed by atoms with E-state index >= 15 is 0 Å². The monoisotopic (exact) mass is 335 g/mol. The topological polar surface area (TPSA) is 46.2 Å². The van der Waals surface area contributed by atoms with Gasteiger partial charge < -0.3 is 5.32 Å². The van der Waals surface area contributed by atoms with E-state index in [0.717, 1.165) is 6.54 Å². The summed E-state index contributed by atoms with van der Waals surface area (Å²) in [5.41, 5.74) is 2.16. The van der Waals surface area contributed by atoms with Crippen LogP contribution in [-0.2, 0) is 0 Å². The molecule has 0 radical (unpaired) electrons. The minimum atomic E-state index is -0.0681. The average molecular weight is 335 g/mol. The number of hydrogen-bond donors (Lipinski definition) is 1. The zero-order chi connectivity index (χ0) is 17.9. The Bertz CT molecular complexity index is 747. The Hall–Kier alpha value is -2.42. The molecule has 0 aromatic heterocycles. The Morgan fingerprint density at radius 3 is 2.16 bits per heavy atom. The minimum absolute atomic E-state index is 0.0275. The van der Waals surface area contributed by atoms with E-state index in [1.807, 2.05) is 18.2 Å². The molecule has 1 amide bonds. The molecule has 1 aliphatic rings. The lowest BCUT2D eigenvalue weighted by Crippen LogP contribution is -2.33. The molecule has 130 valence electrons. The summed E-state index contributed by atoms with van der Waals surface area (Å²) in [5, 5.41) is 3.05. The average Bonchev–Trinajstić information content (AvgIpc) is 2.98. The maximum absolute atomic E-state index is 12.4. The summed E-state index contributed by atoms with van der Waals surface area (Å²) in [6.07, 6.45) is 3.64. The molecule has 3 rings (SSSR count). The van der Waals surface area contributed by atoms with Crippen LogP contribution in [0.1, 0.15) is 59.4 Å². The number of nitrogens with one attached hydrogen (secondary N) is 1. The summed E-state index contributed by atoms with van der Waals surface area (Å²) in [4.78, 5) is 24.8. The third-order valence-electron chi connectivity index (χ3n) is 5.43. The fourth-order valence-corrected chi connectivity index (χ4v) is 3.62. The molecule has 0 heterocycles. The maximum Gasteiger partial charge on any atom is 0.251 e. The summed E-state index contributed by atoms with van der Waals surface area (Å²) < 4.78 is 0. The molecule has 0 spiro atoms. The number of benzene rings is 2. The van der Waals surface area contributed by atoms with Gasteiger partial charge in [0.2, 0.25) is 0 Å². The van der Waals surface area contributed by atoms with Crippen molar-refractivity contribution in [3.05, 3.63) is 71.3 Å². The standard InChI is InChI=1S/C22H25NO2/c1-22(2)14-6-9-19(22)15-23-21(25)18-12-10-17(11-13-18)20(24)16-7-4-3-5-8-16/h3-5,7-8,10-13,19H,6,9,14-15H2,1-2H3,(H,23,25). The highest BCUT2D eigenvalue weighted by molar-refractivity contribution is 6.09. The van der Waals surface area contributed by atoms with Crippen molar-refractivity contribution in [1.82, 2.24) is 5.32 Å². The smallest absolute Gasteiger partial charge is 0.251 e. The Balaban J connectivity index is 1.62. The van der Waals surface area contributed by atoms with Gasteiger partial charge in [-0.15, -0.1) is 0 Å². The van der Waals surface area contributed by atoms with Gasteiger partial charge in [-0.2, -0.15) is 0 Å². The first kappa shape index (κ1) is 17.4. The van der Waals surface area contributed by atoms with Crippen LogP contribution in [0.25, 0.3) is 0 Å². The van der Waals surface area contributed by atoms with Crippen molar-refractivity contribution in [2.45, 2.75) is 33.1 Å². The molecule has 3 nitrogen and oxygen atoms in total. The van der Waals surface area contributed by atoms with E-state index < -0.39 is 0 Å². The lowest BCUT2D eigenvalue weighted by Gasteiger charge is -2.27. The first-order chi connectivity index (χ1) is 12.0. The van der Waals surface area contributed by atoms with Crippen molar-refractivity contribution in [2.75, 3.05) is 6.54 Å². The van der Waals surface area contributed by atoms with E-state index in [1.54, 1.807) is 36.4 Å². The highest BCUT2D eigenvalue weighted by Crippen LogP contribution is 2.42. The molecule has 1 unspecified atom stereocenters. The molecule has 0 aliphatic heterocycles. The summed E-state index contributed by atoms with van der Waals surface area (Å²) in [5.74, 6) is 0.442. The predicted molar refractivity (Wildman–Crippen MR) is 99.8 cm³/mol. The van der Waals surface area contributed by atoms with E-state index in [4.69, 9.17) is 0 Å². The Kier molecular flexibility index (Phi) is 5.03. The summed E-state index contributed by atoms with van der Waals surface area (Å²) >= 11 is 0. The van der Waals surface area contributed by atoms with Crippen molar-refractivity contribution in [1.29, 1.82) is 0 Å². The SMILES string of the molecule is CC1(C)CCCC1CNC(=O)c1ccc(C(=O)c2ccccc2)cc1. The molecule has 2 aromatic rings. The maximum atomic E-state index is 12.4. The molecular formula is C22H25NO2. The number of hydrogen-bond acceptors (Lipinski definition) is 2. The minimum Gasteiger partial charge on any atom is -0.352 e. The first-order valence-electron chi connectivity index (χ1n) is 8.95. The van der Waals surface area contributed by atoms with Crippen LogP contribution in [0.5, 0.6) is 0 Å². The highest BCUT2D eigenvalue weighted by Gasteiger charge is 2.34. The van der Waals surface area contributed by atoms with Crippen LogP contribution >= 0.6 is 0 Å². The number of carbonyl (C=O) groups is 2. The molecule has 1 N–H and O–H groups in total. The van der Waals surface area contributed by atoms with Gasteiger partial charge in [0.15, 0.2) is 5.78 Å². The van der Waals surface area contributed by atoms with Crippen molar-refractivity contribution >= 4 is 11.7 Å². The number of ketones is 1. The zero-order valence-electron chi connectivity index (χ0n) is 14.9. The van der Waals surface area contributed by atoms with Gasteiger partial charge in [-0.1, -0.05) is 62.7 Å². The van der Waals surface area contributed by atoms with E-state index in [0.29, 0.717) is 28.0 Å². The van der Waals surface area contributed by atoms with Crippen LogP contribution in [0.2, 0.25) is 0 Å². The third-order valence-corrected chi connectivity index (χ3v) is 5.43.